The summed E-state index contributed by atoms with van der Waals surface area (Å²) >= 11 is 0. The number of nitrogens with one attached hydrogen (secondary N) is 2. The number of hydrogen-bond donors (Lipinski definition) is 2. The number of halogens is 1. The summed E-state index contributed by atoms with van der Waals surface area (Å²) in [6, 6.07) is 0.706. The molecule has 1 aliphatic carbocycles. The van der Waals surface area contributed by atoms with Crippen molar-refractivity contribution in [1.29, 1.82) is 0 Å². The van der Waals surface area contributed by atoms with E-state index in [1.165, 1.54) is 38.5 Å². The van der Waals surface area contributed by atoms with E-state index in [0.717, 1.165) is 25.8 Å². The van der Waals surface area contributed by atoms with Gasteiger partial charge in [-0.2, -0.15) is 12.7 Å². The summed E-state index contributed by atoms with van der Waals surface area (Å²) < 4.78 is 29.0. The minimum Gasteiger partial charge on any atom is -0.313 e. The molecule has 2 aliphatic rings. The molecule has 22 heavy (non-hydrogen) atoms. The molecule has 1 saturated carbocycles. The van der Waals surface area contributed by atoms with Crippen LogP contribution in [0.4, 0.5) is 0 Å². The summed E-state index contributed by atoms with van der Waals surface area (Å²) in [6.45, 7) is 3.88. The Balaban J connectivity index is 0.00000242. The van der Waals surface area contributed by atoms with Crippen molar-refractivity contribution in [3.05, 3.63) is 0 Å². The third-order valence-corrected chi connectivity index (χ3v) is 6.48. The van der Waals surface area contributed by atoms with Crippen molar-refractivity contribution in [3.8, 4) is 0 Å². The van der Waals surface area contributed by atoms with Gasteiger partial charge in [0.15, 0.2) is 0 Å². The highest BCUT2D eigenvalue weighted by Crippen LogP contribution is 2.19. The van der Waals surface area contributed by atoms with E-state index < -0.39 is 10.2 Å². The first kappa shape index (κ1) is 20.2. The van der Waals surface area contributed by atoms with Crippen LogP contribution in [0.15, 0.2) is 0 Å². The molecule has 7 heteroatoms. The zero-order chi connectivity index (χ0) is 15.1. The van der Waals surface area contributed by atoms with E-state index in [1.54, 1.807) is 4.31 Å². The summed E-state index contributed by atoms with van der Waals surface area (Å²) in [5.74, 6) is 0. The second kappa shape index (κ2) is 10.1. The van der Waals surface area contributed by atoms with Gasteiger partial charge in [-0.05, 0) is 32.6 Å². The van der Waals surface area contributed by atoms with Gasteiger partial charge in [0, 0.05) is 31.7 Å². The lowest BCUT2D eigenvalue weighted by Crippen LogP contribution is -2.49. The van der Waals surface area contributed by atoms with Crippen LogP contribution < -0.4 is 10.0 Å². The molecule has 1 atom stereocenters. The lowest BCUT2D eigenvalue weighted by Gasteiger charge is -2.32. The van der Waals surface area contributed by atoms with Crippen LogP contribution in [-0.2, 0) is 10.2 Å². The molecule has 1 aliphatic heterocycles. The molecule has 1 heterocycles. The minimum atomic E-state index is -3.30. The smallest absolute Gasteiger partial charge is 0.279 e. The highest BCUT2D eigenvalue weighted by atomic mass is 35.5. The predicted molar refractivity (Wildman–Crippen MR) is 93.7 cm³/mol. The Morgan fingerprint density at radius 3 is 2.23 bits per heavy atom. The van der Waals surface area contributed by atoms with Gasteiger partial charge in [-0.15, -0.1) is 12.4 Å². The maximum atomic E-state index is 12.3. The maximum Gasteiger partial charge on any atom is 0.279 e. The quantitative estimate of drug-likeness (QED) is 0.569. The van der Waals surface area contributed by atoms with Crippen LogP contribution >= 0.6 is 12.4 Å². The Hall–Kier alpha value is 0.120. The Morgan fingerprint density at radius 2 is 1.59 bits per heavy atom. The molecule has 0 amide bonds. The van der Waals surface area contributed by atoms with E-state index in [0.29, 0.717) is 19.1 Å². The van der Waals surface area contributed by atoms with Crippen molar-refractivity contribution in [2.24, 2.45) is 0 Å². The van der Waals surface area contributed by atoms with Crippen LogP contribution in [-0.4, -0.2) is 44.4 Å². The fourth-order valence-corrected chi connectivity index (χ4v) is 4.93. The monoisotopic (exact) mass is 353 g/mol. The predicted octanol–water partition coefficient (Wildman–Crippen LogP) is 2.43. The average molecular weight is 354 g/mol. The van der Waals surface area contributed by atoms with Gasteiger partial charge in [0.2, 0.25) is 0 Å². The lowest BCUT2D eigenvalue weighted by atomic mass is 10.1. The molecule has 0 radical (unpaired) electrons. The summed E-state index contributed by atoms with van der Waals surface area (Å²) in [7, 11) is -3.30. The molecular formula is C15H32ClN3O2S. The molecule has 1 saturated heterocycles. The Kier molecular flexibility index (Phi) is 9.24. The maximum absolute atomic E-state index is 12.3. The van der Waals surface area contributed by atoms with E-state index in [1.807, 2.05) is 6.92 Å². The molecule has 1 unspecified atom stereocenters. The summed E-state index contributed by atoms with van der Waals surface area (Å²) in [5.41, 5.74) is 0. The lowest BCUT2D eigenvalue weighted by molar-refractivity contribution is 0.265. The molecule has 5 nitrogen and oxygen atoms in total. The van der Waals surface area contributed by atoms with Crippen LogP contribution in [0.25, 0.3) is 0 Å². The summed E-state index contributed by atoms with van der Waals surface area (Å²) in [6.07, 6.45) is 10.8. The van der Waals surface area contributed by atoms with Gasteiger partial charge in [-0.3, -0.25) is 0 Å². The van der Waals surface area contributed by atoms with Crippen LogP contribution in [0.2, 0.25) is 0 Å². The van der Waals surface area contributed by atoms with Crippen molar-refractivity contribution in [2.45, 2.75) is 76.8 Å². The topological polar surface area (TPSA) is 61.4 Å². The van der Waals surface area contributed by atoms with Gasteiger partial charge in [0.05, 0.1) is 0 Å². The van der Waals surface area contributed by atoms with E-state index in [2.05, 4.69) is 10.0 Å². The fourth-order valence-electron chi connectivity index (χ4n) is 3.45. The molecule has 0 aromatic rings. The number of piperidine rings is 1. The zero-order valence-electron chi connectivity index (χ0n) is 13.7. The van der Waals surface area contributed by atoms with Crippen molar-refractivity contribution in [2.75, 3.05) is 19.6 Å². The third kappa shape index (κ3) is 6.32. The largest absolute Gasteiger partial charge is 0.313 e. The van der Waals surface area contributed by atoms with Crippen LogP contribution in [0, 0.1) is 0 Å². The highest BCUT2D eigenvalue weighted by Gasteiger charge is 2.28. The van der Waals surface area contributed by atoms with Crippen molar-refractivity contribution in [1.82, 2.24) is 14.3 Å². The van der Waals surface area contributed by atoms with Crippen LogP contribution in [0.1, 0.15) is 64.7 Å². The van der Waals surface area contributed by atoms with Gasteiger partial charge >= 0.3 is 0 Å². The Morgan fingerprint density at radius 1 is 0.955 bits per heavy atom. The molecule has 0 aromatic carbocycles. The third-order valence-electron chi connectivity index (χ3n) is 4.75. The second-order valence-corrected chi connectivity index (χ2v) is 8.21. The normalized spacial score (nSPS) is 25.4. The molecule has 0 spiro atoms. The standard InChI is InChI=1S/C15H31N3O2S.ClH/c1-14-8-6-7-13-18(14)21(19,20)17-12-11-16-15-9-4-2-3-5-10-15;/h14-17H,2-13H2,1H3;1H. The van der Waals surface area contributed by atoms with Gasteiger partial charge in [-0.1, -0.05) is 32.1 Å². The first-order valence-corrected chi connectivity index (χ1v) is 10.0. The molecule has 2 fully saturated rings. The van der Waals surface area contributed by atoms with Crippen molar-refractivity contribution >= 4 is 22.6 Å². The molecule has 2 N–H and O–H groups in total. The van der Waals surface area contributed by atoms with Gasteiger partial charge in [-0.25, -0.2) is 4.72 Å². The molecular weight excluding hydrogens is 322 g/mol. The molecule has 0 aromatic heterocycles. The average Bonchev–Trinajstić information content (AvgIpc) is 2.72. The summed E-state index contributed by atoms with van der Waals surface area (Å²) in [5, 5.41) is 3.50. The van der Waals surface area contributed by atoms with Crippen molar-refractivity contribution in [3.63, 3.8) is 0 Å². The van der Waals surface area contributed by atoms with E-state index in [9.17, 15) is 8.42 Å². The minimum absolute atomic E-state index is 0. The van der Waals surface area contributed by atoms with E-state index in [-0.39, 0.29) is 18.4 Å². The second-order valence-electron chi connectivity index (χ2n) is 6.50. The number of rotatable bonds is 6. The number of nitrogens with zero attached hydrogens (tertiary/aromatic N) is 1. The van der Waals surface area contributed by atoms with Gasteiger partial charge < -0.3 is 5.32 Å². The SMILES string of the molecule is CC1CCCCN1S(=O)(=O)NCCNC1CCCCCC1.Cl. The van der Waals surface area contributed by atoms with Crippen LogP contribution in [0.5, 0.6) is 0 Å². The highest BCUT2D eigenvalue weighted by molar-refractivity contribution is 7.87. The van der Waals surface area contributed by atoms with Gasteiger partial charge in [0.1, 0.15) is 0 Å². The first-order chi connectivity index (χ1) is 10.1. The van der Waals surface area contributed by atoms with Gasteiger partial charge in [0.25, 0.3) is 10.2 Å². The first-order valence-electron chi connectivity index (χ1n) is 8.59. The van der Waals surface area contributed by atoms with Crippen LogP contribution in [0.3, 0.4) is 0 Å². The number of hydrogen-bond acceptors (Lipinski definition) is 3. The zero-order valence-corrected chi connectivity index (χ0v) is 15.4. The fraction of sp³-hybridized carbons (Fsp3) is 1.00. The Labute approximate surface area is 142 Å². The molecule has 0 bridgehead atoms. The Bertz CT molecular complexity index is 398. The van der Waals surface area contributed by atoms with E-state index in [4.69, 9.17) is 0 Å². The summed E-state index contributed by atoms with van der Waals surface area (Å²) in [4.78, 5) is 0. The molecule has 2 rings (SSSR count). The van der Waals surface area contributed by atoms with Crippen molar-refractivity contribution < 1.29 is 8.42 Å². The molecule has 132 valence electrons. The van der Waals surface area contributed by atoms with E-state index >= 15 is 0 Å².